The Morgan fingerprint density at radius 2 is 1.80 bits per heavy atom. The Kier molecular flexibility index (Phi) is 2.42. The van der Waals surface area contributed by atoms with E-state index in [0.29, 0.717) is 5.75 Å². The van der Waals surface area contributed by atoms with E-state index >= 15 is 0 Å². The average Bonchev–Trinajstić information content (AvgIpc) is 2.22. The van der Waals surface area contributed by atoms with Crippen molar-refractivity contribution < 1.29 is 5.11 Å². The quantitative estimate of drug-likeness (QED) is 0.765. The summed E-state index contributed by atoms with van der Waals surface area (Å²) in [5, 5.41) is 9.43. The van der Waals surface area contributed by atoms with E-state index in [-0.39, 0.29) is 0 Å². The molecule has 2 nitrogen and oxygen atoms in total. The minimum atomic E-state index is 0.333. The highest BCUT2D eigenvalue weighted by Gasteiger charge is 2.01. The van der Waals surface area contributed by atoms with Gasteiger partial charge in [0.15, 0.2) is 0 Å². The molecule has 0 saturated heterocycles. The Balaban J connectivity index is 2.50. The SMILES string of the molecule is Cc1cncc(-c2ccc(O)c(C)c2)c1. The molecule has 2 heteroatoms. The molecule has 1 heterocycles. The fourth-order valence-corrected chi connectivity index (χ4v) is 1.55. The van der Waals surface area contributed by atoms with Crippen LogP contribution in [0.5, 0.6) is 5.75 Å². The second-order valence-electron chi connectivity index (χ2n) is 3.75. The van der Waals surface area contributed by atoms with E-state index in [1.807, 2.05) is 38.4 Å². The van der Waals surface area contributed by atoms with Gasteiger partial charge in [-0.3, -0.25) is 4.98 Å². The van der Waals surface area contributed by atoms with Crippen molar-refractivity contribution in [1.29, 1.82) is 0 Å². The third-order valence-corrected chi connectivity index (χ3v) is 2.41. The van der Waals surface area contributed by atoms with Gasteiger partial charge in [0.2, 0.25) is 0 Å². The molecule has 76 valence electrons. The molecular weight excluding hydrogens is 186 g/mol. The lowest BCUT2D eigenvalue weighted by Gasteiger charge is -2.04. The van der Waals surface area contributed by atoms with E-state index in [4.69, 9.17) is 0 Å². The normalized spacial score (nSPS) is 10.3. The maximum atomic E-state index is 9.43. The number of hydrogen-bond donors (Lipinski definition) is 1. The van der Waals surface area contributed by atoms with Crippen molar-refractivity contribution in [3.63, 3.8) is 0 Å². The molecule has 2 aromatic rings. The predicted molar refractivity (Wildman–Crippen MR) is 60.8 cm³/mol. The number of pyridine rings is 1. The molecule has 0 saturated carbocycles. The summed E-state index contributed by atoms with van der Waals surface area (Å²) >= 11 is 0. The number of hydrogen-bond acceptors (Lipinski definition) is 2. The Hall–Kier alpha value is -1.83. The van der Waals surface area contributed by atoms with Gasteiger partial charge in [0, 0.05) is 18.0 Å². The molecule has 0 aliphatic heterocycles. The lowest BCUT2D eigenvalue weighted by molar-refractivity contribution is 0.471. The van der Waals surface area contributed by atoms with Crippen LogP contribution in [-0.4, -0.2) is 10.1 Å². The monoisotopic (exact) mass is 199 g/mol. The highest BCUT2D eigenvalue weighted by molar-refractivity contribution is 5.65. The van der Waals surface area contributed by atoms with Crippen LogP contribution in [0.15, 0.2) is 36.7 Å². The molecule has 1 aromatic carbocycles. The summed E-state index contributed by atoms with van der Waals surface area (Å²) in [5.41, 5.74) is 4.19. The van der Waals surface area contributed by atoms with Gasteiger partial charge in [-0.15, -0.1) is 0 Å². The number of rotatable bonds is 1. The Bertz CT molecular complexity index is 492. The molecule has 1 N–H and O–H groups in total. The molecule has 0 atom stereocenters. The zero-order valence-electron chi connectivity index (χ0n) is 8.86. The zero-order valence-corrected chi connectivity index (χ0v) is 8.86. The van der Waals surface area contributed by atoms with E-state index in [2.05, 4.69) is 11.1 Å². The van der Waals surface area contributed by atoms with Crippen molar-refractivity contribution in [2.24, 2.45) is 0 Å². The first-order valence-electron chi connectivity index (χ1n) is 4.88. The third-order valence-electron chi connectivity index (χ3n) is 2.41. The van der Waals surface area contributed by atoms with Crippen LogP contribution in [0.2, 0.25) is 0 Å². The summed E-state index contributed by atoms with van der Waals surface area (Å²) in [6.07, 6.45) is 3.66. The zero-order chi connectivity index (χ0) is 10.8. The molecule has 2 rings (SSSR count). The summed E-state index contributed by atoms with van der Waals surface area (Å²) in [6, 6.07) is 7.66. The largest absolute Gasteiger partial charge is 0.508 e. The van der Waals surface area contributed by atoms with Gasteiger partial charge in [-0.2, -0.15) is 0 Å². The van der Waals surface area contributed by atoms with E-state index in [9.17, 15) is 5.11 Å². The summed E-state index contributed by atoms with van der Waals surface area (Å²) in [6.45, 7) is 3.91. The smallest absolute Gasteiger partial charge is 0.118 e. The first kappa shape index (κ1) is 9.71. The standard InChI is InChI=1S/C13H13NO/c1-9-5-12(8-14-7-9)11-3-4-13(15)10(2)6-11/h3-8,15H,1-2H3. The van der Waals surface area contributed by atoms with Crippen LogP contribution in [-0.2, 0) is 0 Å². The van der Waals surface area contributed by atoms with E-state index in [1.54, 1.807) is 6.07 Å². The first-order valence-corrected chi connectivity index (χ1v) is 4.88. The van der Waals surface area contributed by atoms with Crippen LogP contribution in [0.25, 0.3) is 11.1 Å². The first-order chi connectivity index (χ1) is 7.16. The van der Waals surface area contributed by atoms with Gasteiger partial charge in [-0.25, -0.2) is 0 Å². The fraction of sp³-hybridized carbons (Fsp3) is 0.154. The minimum absolute atomic E-state index is 0.333. The maximum Gasteiger partial charge on any atom is 0.118 e. The Labute approximate surface area is 89.2 Å². The second-order valence-corrected chi connectivity index (χ2v) is 3.75. The number of aryl methyl sites for hydroxylation is 2. The number of benzene rings is 1. The van der Waals surface area contributed by atoms with Gasteiger partial charge >= 0.3 is 0 Å². The molecule has 1 aromatic heterocycles. The lowest BCUT2D eigenvalue weighted by Crippen LogP contribution is -1.83. The summed E-state index contributed by atoms with van der Waals surface area (Å²) in [5.74, 6) is 0.333. The topological polar surface area (TPSA) is 33.1 Å². The van der Waals surface area contributed by atoms with Gasteiger partial charge in [0.05, 0.1) is 0 Å². The average molecular weight is 199 g/mol. The van der Waals surface area contributed by atoms with E-state index in [0.717, 1.165) is 22.3 Å². The summed E-state index contributed by atoms with van der Waals surface area (Å²) in [4.78, 5) is 4.15. The van der Waals surface area contributed by atoms with Crippen LogP contribution in [0.3, 0.4) is 0 Å². The predicted octanol–water partition coefficient (Wildman–Crippen LogP) is 3.07. The molecule has 0 aliphatic carbocycles. The molecule has 0 radical (unpaired) electrons. The van der Waals surface area contributed by atoms with Crippen molar-refractivity contribution in [3.05, 3.63) is 47.8 Å². The third kappa shape index (κ3) is 1.99. The molecule has 0 fully saturated rings. The number of aromatic nitrogens is 1. The van der Waals surface area contributed by atoms with Crippen LogP contribution < -0.4 is 0 Å². The number of phenolic OH excluding ortho intramolecular Hbond substituents is 1. The van der Waals surface area contributed by atoms with Gasteiger partial charge < -0.3 is 5.11 Å². The molecule has 0 bridgehead atoms. The number of aromatic hydroxyl groups is 1. The van der Waals surface area contributed by atoms with Gasteiger partial charge in [-0.1, -0.05) is 6.07 Å². The van der Waals surface area contributed by atoms with Crippen molar-refractivity contribution in [2.75, 3.05) is 0 Å². The lowest BCUT2D eigenvalue weighted by atomic mass is 10.0. The molecule has 15 heavy (non-hydrogen) atoms. The van der Waals surface area contributed by atoms with Gasteiger partial charge in [-0.05, 0) is 48.7 Å². The molecule has 0 amide bonds. The number of phenols is 1. The Morgan fingerprint density at radius 3 is 2.47 bits per heavy atom. The summed E-state index contributed by atoms with van der Waals surface area (Å²) in [7, 11) is 0. The molecule has 0 unspecified atom stereocenters. The van der Waals surface area contributed by atoms with Crippen molar-refractivity contribution in [1.82, 2.24) is 4.98 Å². The highest BCUT2D eigenvalue weighted by Crippen LogP contribution is 2.25. The molecule has 0 aliphatic rings. The van der Waals surface area contributed by atoms with Gasteiger partial charge in [0.25, 0.3) is 0 Å². The van der Waals surface area contributed by atoms with Crippen molar-refractivity contribution >= 4 is 0 Å². The molecular formula is C13H13NO. The maximum absolute atomic E-state index is 9.43. The fourth-order valence-electron chi connectivity index (χ4n) is 1.55. The highest BCUT2D eigenvalue weighted by atomic mass is 16.3. The second kappa shape index (κ2) is 3.73. The van der Waals surface area contributed by atoms with Crippen LogP contribution >= 0.6 is 0 Å². The van der Waals surface area contributed by atoms with Crippen LogP contribution in [0.4, 0.5) is 0 Å². The molecule has 0 spiro atoms. The van der Waals surface area contributed by atoms with E-state index in [1.165, 1.54) is 0 Å². The van der Waals surface area contributed by atoms with Crippen molar-refractivity contribution in [2.45, 2.75) is 13.8 Å². The minimum Gasteiger partial charge on any atom is -0.508 e. The van der Waals surface area contributed by atoms with Crippen LogP contribution in [0.1, 0.15) is 11.1 Å². The van der Waals surface area contributed by atoms with Gasteiger partial charge in [0.1, 0.15) is 5.75 Å². The van der Waals surface area contributed by atoms with E-state index < -0.39 is 0 Å². The Morgan fingerprint density at radius 1 is 1.00 bits per heavy atom. The summed E-state index contributed by atoms with van der Waals surface area (Å²) < 4.78 is 0. The van der Waals surface area contributed by atoms with Crippen molar-refractivity contribution in [3.8, 4) is 16.9 Å². The number of nitrogens with zero attached hydrogens (tertiary/aromatic N) is 1. The van der Waals surface area contributed by atoms with Crippen LogP contribution in [0, 0.1) is 13.8 Å².